The maximum absolute atomic E-state index is 12.2. The van der Waals surface area contributed by atoms with Crippen LogP contribution in [0.4, 0.5) is 5.95 Å². The van der Waals surface area contributed by atoms with Gasteiger partial charge in [-0.2, -0.15) is 0 Å². The van der Waals surface area contributed by atoms with Gasteiger partial charge in [0.25, 0.3) is 0 Å². The summed E-state index contributed by atoms with van der Waals surface area (Å²) >= 11 is 0. The Hall–Kier alpha value is -3.54. The van der Waals surface area contributed by atoms with Crippen LogP contribution in [-0.2, 0) is 26.8 Å². The molecule has 3 aromatic rings. The first-order chi connectivity index (χ1) is 19.1. The van der Waals surface area contributed by atoms with Crippen molar-refractivity contribution >= 4 is 33.1 Å². The van der Waals surface area contributed by atoms with Crippen molar-refractivity contribution in [2.24, 2.45) is 10.1 Å². The second kappa shape index (κ2) is 11.1. The number of aromatic nitrogens is 2. The predicted octanol–water partition coefficient (Wildman–Crippen LogP) is 3.49. The van der Waals surface area contributed by atoms with Crippen molar-refractivity contribution in [2.45, 2.75) is 61.7 Å². The van der Waals surface area contributed by atoms with Crippen LogP contribution in [-0.4, -0.2) is 62.8 Å². The smallest absolute Gasteiger partial charge is 0.238 e. The second-order valence-electron chi connectivity index (χ2n) is 10.7. The summed E-state index contributed by atoms with van der Waals surface area (Å²) in [5, 5.41) is 13.3. The standard InChI is InChI=1S/C29H37N7O3S/c1-5-19-15-22(16-20-18-31-28(34-27(19)20)33-23-9-11-24(12-10-23)36(2)3)29(32-14-13-26(35-29)39-4)21-7-6-8-25(17-21)40(30,37)38/h6-8,13-18,23-24,35H,5,9-12H2,1-4H3,(H2,30,37,38)(H,31,33,34). The van der Waals surface area contributed by atoms with Crippen LogP contribution in [0.1, 0.15) is 49.3 Å². The number of nitrogens with two attached hydrogens (primary N) is 1. The molecular weight excluding hydrogens is 526 g/mol. The third kappa shape index (κ3) is 5.54. The number of fused-ring (bicyclic) bond motifs is 1. The monoisotopic (exact) mass is 563 g/mol. The topological polar surface area (TPSA) is 135 Å². The highest BCUT2D eigenvalue weighted by molar-refractivity contribution is 7.89. The van der Waals surface area contributed by atoms with Crippen LogP contribution in [0.15, 0.2) is 64.4 Å². The number of anilines is 1. The zero-order valence-electron chi connectivity index (χ0n) is 23.4. The number of aryl methyl sites for hydroxylation is 1. The second-order valence-corrected chi connectivity index (χ2v) is 12.2. The van der Waals surface area contributed by atoms with E-state index in [1.54, 1.807) is 31.5 Å². The van der Waals surface area contributed by atoms with Crippen LogP contribution >= 0.6 is 0 Å². The summed E-state index contributed by atoms with van der Waals surface area (Å²) in [4.78, 5) is 16.7. The molecule has 10 nitrogen and oxygen atoms in total. The molecule has 1 unspecified atom stereocenters. The van der Waals surface area contributed by atoms with E-state index in [1.807, 2.05) is 18.3 Å². The largest absolute Gasteiger partial charge is 0.482 e. The van der Waals surface area contributed by atoms with Gasteiger partial charge in [-0.1, -0.05) is 19.1 Å². The molecule has 5 rings (SSSR count). The third-order valence-electron chi connectivity index (χ3n) is 7.92. The summed E-state index contributed by atoms with van der Waals surface area (Å²) in [6, 6.07) is 11.5. The van der Waals surface area contributed by atoms with E-state index in [0.29, 0.717) is 29.5 Å². The average molecular weight is 564 g/mol. The summed E-state index contributed by atoms with van der Waals surface area (Å²) in [6.45, 7) is 2.09. The minimum Gasteiger partial charge on any atom is -0.482 e. The van der Waals surface area contributed by atoms with Crippen LogP contribution in [0.25, 0.3) is 10.9 Å². The molecule has 0 saturated heterocycles. The van der Waals surface area contributed by atoms with E-state index < -0.39 is 15.7 Å². The Morgan fingerprint density at radius 2 is 1.93 bits per heavy atom. The van der Waals surface area contributed by atoms with Gasteiger partial charge in [0.2, 0.25) is 16.0 Å². The van der Waals surface area contributed by atoms with E-state index in [9.17, 15) is 8.42 Å². The van der Waals surface area contributed by atoms with E-state index in [1.165, 1.54) is 6.07 Å². The number of rotatable bonds is 8. The van der Waals surface area contributed by atoms with E-state index in [0.717, 1.165) is 54.1 Å². The van der Waals surface area contributed by atoms with Crippen molar-refractivity contribution in [2.75, 3.05) is 26.5 Å². The number of sulfonamides is 1. The third-order valence-corrected chi connectivity index (χ3v) is 8.83. The Balaban J connectivity index is 1.54. The van der Waals surface area contributed by atoms with Gasteiger partial charge < -0.3 is 20.3 Å². The van der Waals surface area contributed by atoms with Gasteiger partial charge in [-0.3, -0.25) is 4.99 Å². The zero-order chi connectivity index (χ0) is 28.5. The number of hydrogen-bond donors (Lipinski definition) is 3. The number of benzene rings is 2. The first-order valence-electron chi connectivity index (χ1n) is 13.6. The Morgan fingerprint density at radius 3 is 2.60 bits per heavy atom. The van der Waals surface area contributed by atoms with Crippen molar-refractivity contribution in [1.29, 1.82) is 0 Å². The fraction of sp³-hybridized carbons (Fsp3) is 0.414. The summed E-state index contributed by atoms with van der Waals surface area (Å²) in [7, 11) is 1.94. The van der Waals surface area contributed by atoms with Crippen molar-refractivity contribution in [1.82, 2.24) is 20.2 Å². The van der Waals surface area contributed by atoms with Gasteiger partial charge in [0, 0.05) is 47.1 Å². The molecule has 1 atom stereocenters. The van der Waals surface area contributed by atoms with Gasteiger partial charge >= 0.3 is 0 Å². The van der Waals surface area contributed by atoms with Crippen LogP contribution in [0.5, 0.6) is 0 Å². The van der Waals surface area contributed by atoms with Crippen molar-refractivity contribution in [3.63, 3.8) is 0 Å². The Kier molecular flexibility index (Phi) is 7.80. The Morgan fingerprint density at radius 1 is 1.15 bits per heavy atom. The van der Waals surface area contributed by atoms with Crippen LogP contribution in [0.3, 0.4) is 0 Å². The molecule has 2 aliphatic rings. The molecule has 0 spiro atoms. The van der Waals surface area contributed by atoms with E-state index in [4.69, 9.17) is 19.9 Å². The Bertz CT molecular complexity index is 1560. The van der Waals surface area contributed by atoms with Gasteiger partial charge in [0.1, 0.15) is 0 Å². The van der Waals surface area contributed by atoms with Gasteiger partial charge in [0.05, 0.1) is 17.5 Å². The number of primary sulfonamides is 1. The van der Waals surface area contributed by atoms with Gasteiger partial charge in [-0.25, -0.2) is 23.5 Å². The molecule has 212 valence electrons. The predicted molar refractivity (Wildman–Crippen MR) is 158 cm³/mol. The number of aliphatic imine (C=N–C) groups is 1. The molecule has 0 bridgehead atoms. The molecule has 1 fully saturated rings. The highest BCUT2D eigenvalue weighted by Crippen LogP contribution is 2.37. The summed E-state index contributed by atoms with van der Waals surface area (Å²) < 4.78 is 29.9. The van der Waals surface area contributed by atoms with Crippen LogP contribution < -0.4 is 15.8 Å². The van der Waals surface area contributed by atoms with Crippen LogP contribution in [0, 0.1) is 0 Å². The summed E-state index contributed by atoms with van der Waals surface area (Å²) in [5.74, 6) is 1.13. The first-order valence-corrected chi connectivity index (χ1v) is 15.1. The van der Waals surface area contributed by atoms with Crippen molar-refractivity contribution < 1.29 is 13.2 Å². The minimum absolute atomic E-state index is 0.00469. The SMILES string of the molecule is CCc1cc(C2(c3cccc(S(N)(=O)=O)c3)N=CC=C(OC)N2)cc2cnc(NC3CCC(N(C)C)CC3)nc12. The number of methoxy groups -OCH3 is 1. The highest BCUT2D eigenvalue weighted by atomic mass is 32.2. The summed E-state index contributed by atoms with van der Waals surface area (Å²) in [5.41, 5.74) is 2.16. The normalized spacial score (nSPS) is 23.1. The van der Waals surface area contributed by atoms with Gasteiger partial charge in [-0.05, 0) is 76.0 Å². The lowest BCUT2D eigenvalue weighted by atomic mass is 9.88. The molecule has 1 saturated carbocycles. The minimum atomic E-state index is -3.92. The Labute approximate surface area is 235 Å². The quantitative estimate of drug-likeness (QED) is 0.379. The molecule has 0 amide bonds. The molecule has 1 aliphatic heterocycles. The first kappa shape index (κ1) is 28.0. The molecule has 11 heteroatoms. The summed E-state index contributed by atoms with van der Waals surface area (Å²) in [6.07, 6.45) is 10.4. The number of ether oxygens (including phenoxy) is 1. The lowest BCUT2D eigenvalue weighted by Crippen LogP contribution is -2.43. The number of nitrogens with zero attached hydrogens (tertiary/aromatic N) is 4. The van der Waals surface area contributed by atoms with E-state index >= 15 is 0 Å². The number of allylic oxidation sites excluding steroid dienone is 1. The molecule has 0 radical (unpaired) electrons. The van der Waals surface area contributed by atoms with Crippen LogP contribution in [0.2, 0.25) is 0 Å². The molecule has 4 N–H and O–H groups in total. The van der Waals surface area contributed by atoms with Crippen molar-refractivity contribution in [3.8, 4) is 0 Å². The van der Waals surface area contributed by atoms with E-state index in [2.05, 4.69) is 47.6 Å². The lowest BCUT2D eigenvalue weighted by molar-refractivity contribution is 0.221. The average Bonchev–Trinajstić information content (AvgIpc) is 2.96. The number of nitrogens with one attached hydrogen (secondary N) is 2. The molecule has 1 aliphatic carbocycles. The number of hydrogen-bond acceptors (Lipinski definition) is 9. The van der Waals surface area contributed by atoms with Gasteiger partial charge in [0.15, 0.2) is 11.5 Å². The van der Waals surface area contributed by atoms with Gasteiger partial charge in [-0.15, -0.1) is 0 Å². The van der Waals surface area contributed by atoms with E-state index in [-0.39, 0.29) is 4.90 Å². The fourth-order valence-corrected chi connectivity index (χ4v) is 6.19. The highest BCUT2D eigenvalue weighted by Gasteiger charge is 2.37. The maximum atomic E-state index is 12.2. The molecular formula is C29H37N7O3S. The zero-order valence-corrected chi connectivity index (χ0v) is 24.2. The molecule has 2 heterocycles. The van der Waals surface area contributed by atoms with Crippen molar-refractivity contribution in [3.05, 3.63) is 71.2 Å². The molecule has 40 heavy (non-hydrogen) atoms. The molecule has 2 aromatic carbocycles. The lowest BCUT2D eigenvalue weighted by Gasteiger charge is -2.35. The maximum Gasteiger partial charge on any atom is 0.238 e. The fourth-order valence-electron chi connectivity index (χ4n) is 5.63. The molecule has 1 aromatic heterocycles.